The quantitative estimate of drug-likeness (QED) is 0.871. The Morgan fingerprint density at radius 3 is 2.82 bits per heavy atom. The van der Waals surface area contributed by atoms with E-state index >= 15 is 0 Å². The van der Waals surface area contributed by atoms with Gasteiger partial charge in [0.2, 0.25) is 0 Å². The van der Waals surface area contributed by atoms with Crippen LogP contribution in [-0.2, 0) is 11.2 Å². The van der Waals surface area contributed by atoms with Gasteiger partial charge in [-0.3, -0.25) is 0 Å². The Hall–Kier alpha value is -0.860. The lowest BCUT2D eigenvalue weighted by Gasteiger charge is -2.19. The second-order valence-corrected chi connectivity index (χ2v) is 5.44. The first-order valence-corrected chi connectivity index (χ1v) is 6.49. The topological polar surface area (TPSA) is 35.2 Å². The number of aryl methyl sites for hydroxylation is 2. The molecule has 0 amide bonds. The van der Waals surface area contributed by atoms with Crippen LogP contribution >= 0.6 is 0 Å². The van der Waals surface area contributed by atoms with Crippen LogP contribution in [0.3, 0.4) is 0 Å². The van der Waals surface area contributed by atoms with E-state index in [0.29, 0.717) is 12.0 Å². The average Bonchev–Trinajstić information content (AvgIpc) is 2.70. The molecule has 2 heteroatoms. The molecule has 2 nitrogen and oxygen atoms in total. The van der Waals surface area contributed by atoms with Crippen molar-refractivity contribution in [1.29, 1.82) is 0 Å². The minimum Gasteiger partial charge on any atom is -0.378 e. The van der Waals surface area contributed by atoms with Gasteiger partial charge >= 0.3 is 0 Å². The van der Waals surface area contributed by atoms with Crippen LogP contribution in [0.25, 0.3) is 0 Å². The van der Waals surface area contributed by atoms with Crippen molar-refractivity contribution in [2.75, 3.05) is 6.61 Å². The van der Waals surface area contributed by atoms with Crippen LogP contribution in [0.4, 0.5) is 0 Å². The highest BCUT2D eigenvalue weighted by Gasteiger charge is 2.27. The lowest BCUT2D eigenvalue weighted by molar-refractivity contribution is 0.118. The van der Waals surface area contributed by atoms with Crippen molar-refractivity contribution in [3.8, 4) is 0 Å². The molecule has 1 fully saturated rings. The molecule has 0 aromatic heterocycles. The van der Waals surface area contributed by atoms with Gasteiger partial charge in [-0.15, -0.1) is 0 Å². The van der Waals surface area contributed by atoms with Gasteiger partial charge < -0.3 is 10.5 Å². The summed E-state index contributed by atoms with van der Waals surface area (Å²) in [6, 6.07) is 6.82. The van der Waals surface area contributed by atoms with Gasteiger partial charge in [-0.05, 0) is 44.7 Å². The Labute approximate surface area is 104 Å². The summed E-state index contributed by atoms with van der Waals surface area (Å²) in [4.78, 5) is 0. The van der Waals surface area contributed by atoms with Crippen LogP contribution in [0.1, 0.15) is 30.0 Å². The second kappa shape index (κ2) is 5.19. The molecule has 0 bridgehead atoms. The van der Waals surface area contributed by atoms with Crippen molar-refractivity contribution in [2.45, 2.75) is 45.8 Å². The Morgan fingerprint density at radius 2 is 2.18 bits per heavy atom. The van der Waals surface area contributed by atoms with E-state index in [1.807, 2.05) is 0 Å². The summed E-state index contributed by atoms with van der Waals surface area (Å²) in [5.41, 5.74) is 10.4. The van der Waals surface area contributed by atoms with Crippen molar-refractivity contribution in [2.24, 2.45) is 11.7 Å². The van der Waals surface area contributed by atoms with Crippen molar-refractivity contribution >= 4 is 0 Å². The van der Waals surface area contributed by atoms with Crippen molar-refractivity contribution in [3.05, 3.63) is 34.9 Å². The number of nitrogens with two attached hydrogens (primary N) is 1. The largest absolute Gasteiger partial charge is 0.378 e. The molecule has 0 saturated carbocycles. The second-order valence-electron chi connectivity index (χ2n) is 5.44. The molecule has 0 spiro atoms. The molecule has 1 aromatic carbocycles. The van der Waals surface area contributed by atoms with Crippen LogP contribution in [-0.4, -0.2) is 18.8 Å². The molecule has 1 heterocycles. The molecule has 1 saturated heterocycles. The first kappa shape index (κ1) is 12.6. The van der Waals surface area contributed by atoms with Crippen LogP contribution < -0.4 is 5.73 Å². The van der Waals surface area contributed by atoms with E-state index in [2.05, 4.69) is 39.0 Å². The van der Waals surface area contributed by atoms with Crippen LogP contribution in [0, 0.1) is 19.8 Å². The van der Waals surface area contributed by atoms with Gasteiger partial charge in [-0.1, -0.05) is 23.8 Å². The Kier molecular flexibility index (Phi) is 3.85. The molecule has 2 rings (SSSR count). The molecule has 0 aliphatic carbocycles. The minimum atomic E-state index is 0.223. The van der Waals surface area contributed by atoms with Crippen molar-refractivity contribution in [1.82, 2.24) is 0 Å². The first-order chi connectivity index (χ1) is 8.06. The molecule has 3 atom stereocenters. The summed E-state index contributed by atoms with van der Waals surface area (Å²) < 4.78 is 5.60. The van der Waals surface area contributed by atoms with E-state index in [1.54, 1.807) is 0 Å². The fourth-order valence-electron chi connectivity index (χ4n) is 2.59. The van der Waals surface area contributed by atoms with Crippen LogP contribution in [0.15, 0.2) is 18.2 Å². The van der Waals surface area contributed by atoms with E-state index in [-0.39, 0.29) is 6.04 Å². The van der Waals surface area contributed by atoms with Gasteiger partial charge in [0.1, 0.15) is 0 Å². The maximum atomic E-state index is 6.31. The zero-order chi connectivity index (χ0) is 12.4. The normalized spacial score (nSPS) is 26.1. The van der Waals surface area contributed by atoms with Crippen LogP contribution in [0.5, 0.6) is 0 Å². The Balaban J connectivity index is 2.02. The number of hydrogen-bond donors (Lipinski definition) is 1. The van der Waals surface area contributed by atoms with E-state index < -0.39 is 0 Å². The molecule has 94 valence electrons. The third kappa shape index (κ3) is 3.08. The number of rotatable bonds is 3. The van der Waals surface area contributed by atoms with E-state index in [1.165, 1.54) is 16.7 Å². The summed E-state index contributed by atoms with van der Waals surface area (Å²) in [5.74, 6) is 0.518. The van der Waals surface area contributed by atoms with E-state index in [0.717, 1.165) is 19.4 Å². The standard InChI is InChI=1S/C15H23NO/c1-10-4-5-11(2)13(6-10)8-15(16)14-7-12(3)17-9-14/h4-6,12,14-15H,7-9,16H2,1-3H3. The Morgan fingerprint density at radius 1 is 1.41 bits per heavy atom. The Bertz CT molecular complexity index is 389. The maximum Gasteiger partial charge on any atom is 0.0551 e. The highest BCUT2D eigenvalue weighted by molar-refractivity contribution is 5.31. The fourth-order valence-corrected chi connectivity index (χ4v) is 2.59. The van der Waals surface area contributed by atoms with E-state index in [9.17, 15) is 0 Å². The monoisotopic (exact) mass is 233 g/mol. The van der Waals surface area contributed by atoms with E-state index in [4.69, 9.17) is 10.5 Å². The van der Waals surface area contributed by atoms with Gasteiger partial charge in [0.05, 0.1) is 12.7 Å². The van der Waals surface area contributed by atoms with Gasteiger partial charge in [-0.25, -0.2) is 0 Å². The minimum absolute atomic E-state index is 0.223. The third-order valence-electron chi connectivity index (χ3n) is 3.80. The summed E-state index contributed by atoms with van der Waals surface area (Å²) in [6.45, 7) is 7.25. The molecule has 0 radical (unpaired) electrons. The molecule has 2 N–H and O–H groups in total. The lowest BCUT2D eigenvalue weighted by Crippen LogP contribution is -2.33. The molecule has 17 heavy (non-hydrogen) atoms. The summed E-state index contributed by atoms with van der Waals surface area (Å²) in [7, 11) is 0. The lowest BCUT2D eigenvalue weighted by atomic mass is 9.90. The molecular formula is C15H23NO. The highest BCUT2D eigenvalue weighted by Crippen LogP contribution is 2.24. The summed E-state index contributed by atoms with van der Waals surface area (Å²) >= 11 is 0. The van der Waals surface area contributed by atoms with Gasteiger partial charge in [0.15, 0.2) is 0 Å². The average molecular weight is 233 g/mol. The molecule has 1 aliphatic rings. The predicted molar refractivity (Wildman–Crippen MR) is 71.1 cm³/mol. The summed E-state index contributed by atoms with van der Waals surface area (Å²) in [5, 5.41) is 0. The number of ether oxygens (including phenoxy) is 1. The molecule has 3 unspecified atom stereocenters. The molecule has 1 aliphatic heterocycles. The molecular weight excluding hydrogens is 210 g/mol. The highest BCUT2D eigenvalue weighted by atomic mass is 16.5. The third-order valence-corrected chi connectivity index (χ3v) is 3.80. The maximum absolute atomic E-state index is 6.31. The predicted octanol–water partition coefficient (Wildman–Crippen LogP) is 2.60. The fraction of sp³-hybridized carbons (Fsp3) is 0.600. The van der Waals surface area contributed by atoms with Crippen molar-refractivity contribution < 1.29 is 4.74 Å². The number of benzene rings is 1. The molecule has 1 aromatic rings. The van der Waals surface area contributed by atoms with Crippen LogP contribution in [0.2, 0.25) is 0 Å². The first-order valence-electron chi connectivity index (χ1n) is 6.49. The zero-order valence-corrected chi connectivity index (χ0v) is 11.1. The number of hydrogen-bond acceptors (Lipinski definition) is 2. The van der Waals surface area contributed by atoms with Gasteiger partial charge in [0.25, 0.3) is 0 Å². The summed E-state index contributed by atoms with van der Waals surface area (Å²) in [6.07, 6.45) is 2.45. The van der Waals surface area contributed by atoms with Gasteiger partial charge in [0, 0.05) is 12.0 Å². The van der Waals surface area contributed by atoms with Crippen molar-refractivity contribution in [3.63, 3.8) is 0 Å². The zero-order valence-electron chi connectivity index (χ0n) is 11.1. The SMILES string of the molecule is Cc1ccc(C)c(CC(N)C2COC(C)C2)c1. The smallest absolute Gasteiger partial charge is 0.0551 e. The van der Waals surface area contributed by atoms with Gasteiger partial charge in [-0.2, -0.15) is 0 Å².